The molecule has 0 aliphatic carbocycles. The zero-order valence-electron chi connectivity index (χ0n) is 21.0. The molecule has 0 radical (unpaired) electrons. The summed E-state index contributed by atoms with van der Waals surface area (Å²) in [7, 11) is -3.27. The van der Waals surface area contributed by atoms with E-state index in [9.17, 15) is 31.4 Å². The fraction of sp³-hybridized carbons (Fsp3) is 0.240. The Morgan fingerprint density at radius 2 is 1.77 bits per heavy atom. The average Bonchev–Trinajstić information content (AvgIpc) is 2.80. The van der Waals surface area contributed by atoms with Gasteiger partial charge < -0.3 is 15.8 Å². The highest BCUT2D eigenvalue weighted by Gasteiger charge is 2.35. The number of aromatic nitrogens is 1. The van der Waals surface area contributed by atoms with Crippen LogP contribution in [0, 0.1) is 12.9 Å². The van der Waals surface area contributed by atoms with Crippen LogP contribution in [-0.2, 0) is 20.7 Å². The summed E-state index contributed by atoms with van der Waals surface area (Å²) in [6.45, 7) is 4.18. The molecule has 0 saturated heterocycles. The molecule has 0 fully saturated rings. The summed E-state index contributed by atoms with van der Waals surface area (Å²) in [5.74, 6) is -3.18. The fourth-order valence-corrected chi connectivity index (χ4v) is 4.72. The molecule has 2 amide bonds. The molecule has 0 aliphatic rings. The minimum absolute atomic E-state index is 0.0224. The first-order chi connectivity index (χ1) is 17.9. The Kier molecular flexibility index (Phi) is 8.39. The quantitative estimate of drug-likeness (QED) is 0.271. The SMILES string of the molecule is Cc1nc(F)ccc1Oc1cc(C(F)(F)F)c(Cl)cc1C(=O)Nc1cccc([S@@](C)(=O)=NC(=O)C(C)(C)N)c1. The van der Waals surface area contributed by atoms with Crippen LogP contribution in [0.15, 0.2) is 57.8 Å². The van der Waals surface area contributed by atoms with E-state index in [0.717, 1.165) is 18.2 Å². The number of benzene rings is 2. The third kappa shape index (κ3) is 7.31. The van der Waals surface area contributed by atoms with Crippen molar-refractivity contribution in [1.29, 1.82) is 0 Å². The van der Waals surface area contributed by atoms with E-state index in [2.05, 4.69) is 14.7 Å². The summed E-state index contributed by atoms with van der Waals surface area (Å²) < 4.78 is 76.4. The van der Waals surface area contributed by atoms with Crippen molar-refractivity contribution >= 4 is 38.8 Å². The standard InChI is InChI=1S/C25H23ClF4N4O4S/c1-13-19(8-9-21(27)32-13)38-20-12-17(25(28,29)30)18(26)11-16(20)22(35)33-14-6-5-7-15(10-14)39(4,37)34-23(36)24(2,3)31/h5-12H,31H2,1-4H3,(H,33,35)/t39-/m1/s1. The molecular formula is C25H23ClF4N4O4S. The van der Waals surface area contributed by atoms with Gasteiger partial charge in [-0.2, -0.15) is 21.9 Å². The number of anilines is 1. The highest BCUT2D eigenvalue weighted by molar-refractivity contribution is 7.93. The molecular weight excluding hydrogens is 564 g/mol. The molecule has 1 aromatic heterocycles. The Bertz CT molecular complexity index is 1580. The minimum Gasteiger partial charge on any atom is -0.455 e. The maximum absolute atomic E-state index is 13.5. The number of pyridine rings is 1. The Hall–Kier alpha value is -3.55. The first-order valence-electron chi connectivity index (χ1n) is 11.1. The number of alkyl halides is 3. The van der Waals surface area contributed by atoms with Gasteiger partial charge in [0, 0.05) is 16.8 Å². The van der Waals surface area contributed by atoms with Gasteiger partial charge in [0.05, 0.1) is 37.1 Å². The lowest BCUT2D eigenvalue weighted by molar-refractivity contribution is -0.137. The number of carbonyl (C=O) groups excluding carboxylic acids is 2. The van der Waals surface area contributed by atoms with Crippen LogP contribution < -0.4 is 15.8 Å². The largest absolute Gasteiger partial charge is 0.455 e. The van der Waals surface area contributed by atoms with E-state index in [-0.39, 0.29) is 27.6 Å². The van der Waals surface area contributed by atoms with Crippen molar-refractivity contribution in [3.63, 3.8) is 0 Å². The molecule has 1 atom stereocenters. The second-order valence-corrected chi connectivity index (χ2v) is 11.7. The lowest BCUT2D eigenvalue weighted by Crippen LogP contribution is -2.40. The van der Waals surface area contributed by atoms with Crippen molar-refractivity contribution < 1.29 is 36.1 Å². The smallest absolute Gasteiger partial charge is 0.417 e. The van der Waals surface area contributed by atoms with Gasteiger partial charge in [0.25, 0.3) is 11.8 Å². The monoisotopic (exact) mass is 586 g/mol. The molecule has 14 heteroatoms. The highest BCUT2D eigenvalue weighted by atomic mass is 35.5. The van der Waals surface area contributed by atoms with Gasteiger partial charge in [0.2, 0.25) is 5.95 Å². The summed E-state index contributed by atoms with van der Waals surface area (Å²) in [4.78, 5) is 29.0. The second kappa shape index (κ2) is 10.9. The summed E-state index contributed by atoms with van der Waals surface area (Å²) in [5, 5.41) is 1.72. The van der Waals surface area contributed by atoms with E-state index in [1.54, 1.807) is 0 Å². The van der Waals surface area contributed by atoms with E-state index in [1.807, 2.05) is 0 Å². The number of hydrogen-bond acceptors (Lipinski definition) is 6. The second-order valence-electron chi connectivity index (χ2n) is 9.05. The van der Waals surface area contributed by atoms with E-state index < -0.39 is 55.5 Å². The zero-order valence-corrected chi connectivity index (χ0v) is 22.6. The number of nitrogens with two attached hydrogens (primary N) is 1. The number of nitrogens with zero attached hydrogens (tertiary/aromatic N) is 2. The fourth-order valence-electron chi connectivity index (χ4n) is 3.11. The number of halogens is 5. The van der Waals surface area contributed by atoms with Crippen LogP contribution in [0.25, 0.3) is 0 Å². The van der Waals surface area contributed by atoms with Crippen LogP contribution in [-0.4, -0.2) is 32.8 Å². The van der Waals surface area contributed by atoms with Crippen LogP contribution in [0.4, 0.5) is 23.2 Å². The molecule has 0 saturated carbocycles. The third-order valence-electron chi connectivity index (χ3n) is 5.18. The highest BCUT2D eigenvalue weighted by Crippen LogP contribution is 2.40. The summed E-state index contributed by atoms with van der Waals surface area (Å²) in [6, 6.07) is 9.00. The van der Waals surface area contributed by atoms with Gasteiger partial charge in [-0.05, 0) is 63.2 Å². The number of aryl methyl sites for hydroxylation is 1. The number of hydrogen-bond donors (Lipinski definition) is 2. The maximum Gasteiger partial charge on any atom is 0.417 e. The predicted molar refractivity (Wildman–Crippen MR) is 138 cm³/mol. The van der Waals surface area contributed by atoms with Crippen LogP contribution in [0.2, 0.25) is 5.02 Å². The summed E-state index contributed by atoms with van der Waals surface area (Å²) in [6.07, 6.45) is -3.65. The van der Waals surface area contributed by atoms with Gasteiger partial charge >= 0.3 is 6.18 Å². The molecule has 3 rings (SSSR count). The maximum atomic E-state index is 13.5. The van der Waals surface area contributed by atoms with Gasteiger partial charge in [0.1, 0.15) is 11.5 Å². The van der Waals surface area contributed by atoms with E-state index >= 15 is 0 Å². The van der Waals surface area contributed by atoms with Gasteiger partial charge in [-0.25, -0.2) is 9.19 Å². The van der Waals surface area contributed by atoms with Gasteiger partial charge in [-0.3, -0.25) is 9.59 Å². The molecule has 0 unspecified atom stereocenters. The molecule has 3 aromatic rings. The van der Waals surface area contributed by atoms with Gasteiger partial charge in [0.15, 0.2) is 0 Å². The van der Waals surface area contributed by atoms with E-state index in [1.165, 1.54) is 51.3 Å². The Morgan fingerprint density at radius 3 is 2.36 bits per heavy atom. The normalized spacial score (nSPS) is 13.4. The molecule has 0 bridgehead atoms. The van der Waals surface area contributed by atoms with Crippen molar-refractivity contribution in [1.82, 2.24) is 4.98 Å². The Labute approximate surface area is 226 Å². The number of nitrogens with one attached hydrogen (secondary N) is 1. The molecule has 1 heterocycles. The third-order valence-corrected chi connectivity index (χ3v) is 7.14. The van der Waals surface area contributed by atoms with Gasteiger partial charge in [-0.15, -0.1) is 0 Å². The van der Waals surface area contributed by atoms with Crippen molar-refractivity contribution in [2.45, 2.75) is 37.4 Å². The average molecular weight is 587 g/mol. The molecule has 3 N–H and O–H groups in total. The van der Waals surface area contributed by atoms with Crippen LogP contribution in [0.3, 0.4) is 0 Å². The topological polar surface area (TPSA) is 124 Å². The van der Waals surface area contributed by atoms with E-state index in [0.29, 0.717) is 6.07 Å². The molecule has 0 aliphatic heterocycles. The minimum atomic E-state index is -4.87. The van der Waals surface area contributed by atoms with Crippen molar-refractivity contribution in [3.05, 3.63) is 76.3 Å². The summed E-state index contributed by atoms with van der Waals surface area (Å²) in [5.41, 5.74) is 2.82. The molecule has 0 spiro atoms. The zero-order chi connectivity index (χ0) is 29.3. The van der Waals surface area contributed by atoms with Crippen molar-refractivity contribution in [2.75, 3.05) is 11.6 Å². The van der Waals surface area contributed by atoms with Crippen molar-refractivity contribution in [3.8, 4) is 11.5 Å². The van der Waals surface area contributed by atoms with Crippen molar-refractivity contribution in [2.24, 2.45) is 10.1 Å². The van der Waals surface area contributed by atoms with Crippen LogP contribution in [0.1, 0.15) is 35.5 Å². The first-order valence-corrected chi connectivity index (χ1v) is 13.4. The number of ether oxygens (including phenoxy) is 1. The number of amides is 2. The van der Waals surface area contributed by atoms with Crippen LogP contribution >= 0.6 is 11.6 Å². The molecule has 39 heavy (non-hydrogen) atoms. The first kappa shape index (κ1) is 30.0. The van der Waals surface area contributed by atoms with Gasteiger partial charge in [-0.1, -0.05) is 17.7 Å². The Balaban J connectivity index is 2.03. The van der Waals surface area contributed by atoms with Crippen LogP contribution in [0.5, 0.6) is 11.5 Å². The lowest BCUT2D eigenvalue weighted by Gasteiger charge is -2.17. The molecule has 208 valence electrons. The number of carbonyl (C=O) groups is 2. The van der Waals surface area contributed by atoms with E-state index in [4.69, 9.17) is 22.1 Å². The lowest BCUT2D eigenvalue weighted by atomic mass is 10.1. The Morgan fingerprint density at radius 1 is 1.10 bits per heavy atom. The molecule has 2 aromatic carbocycles. The summed E-state index contributed by atoms with van der Waals surface area (Å²) >= 11 is 5.85. The predicted octanol–water partition coefficient (Wildman–Crippen LogP) is 5.97. The number of rotatable bonds is 6. The molecule has 8 nitrogen and oxygen atoms in total.